The maximum atomic E-state index is 13.2. The number of benzene rings is 1. The van der Waals surface area contributed by atoms with Gasteiger partial charge in [0.15, 0.2) is 0 Å². The van der Waals surface area contributed by atoms with Gasteiger partial charge in [0.05, 0.1) is 22.4 Å². The van der Waals surface area contributed by atoms with Gasteiger partial charge in [-0.25, -0.2) is 5.01 Å². The molecule has 0 saturated heterocycles. The number of nitrogens with zero attached hydrogens (tertiary/aromatic N) is 4. The summed E-state index contributed by atoms with van der Waals surface area (Å²) in [6.45, 7) is 0. The van der Waals surface area contributed by atoms with Gasteiger partial charge in [0, 0.05) is 17.3 Å². The Kier molecular flexibility index (Phi) is 7.27. The molecule has 1 atom stereocenters. The summed E-state index contributed by atoms with van der Waals surface area (Å²) in [6.07, 6.45) is 7.93. The van der Waals surface area contributed by atoms with Gasteiger partial charge in [-0.1, -0.05) is 71.6 Å². The van der Waals surface area contributed by atoms with E-state index < -0.39 is 0 Å². The first-order valence-electron chi connectivity index (χ1n) is 11.3. The van der Waals surface area contributed by atoms with Gasteiger partial charge in [0.25, 0.3) is 11.1 Å². The van der Waals surface area contributed by atoms with Crippen LogP contribution >= 0.6 is 39.0 Å². The topological polar surface area (TPSA) is 71.6 Å². The van der Waals surface area contributed by atoms with E-state index in [1.807, 2.05) is 35.7 Å². The molecule has 1 unspecified atom stereocenters. The van der Waals surface area contributed by atoms with E-state index in [2.05, 4.69) is 32.2 Å². The number of hydrogen-bond donors (Lipinski definition) is 0. The number of rotatable bonds is 8. The Labute approximate surface area is 210 Å². The highest BCUT2D eigenvalue weighted by molar-refractivity contribution is 9.10. The predicted molar refractivity (Wildman–Crippen MR) is 135 cm³/mol. The van der Waals surface area contributed by atoms with Crippen LogP contribution < -0.4 is 0 Å². The minimum atomic E-state index is -0.118. The van der Waals surface area contributed by atoms with Crippen LogP contribution in [0.2, 0.25) is 0 Å². The molecular weight excluding hydrogens is 520 g/mol. The monoisotopic (exact) mass is 544 g/mol. The molecule has 3 heterocycles. The van der Waals surface area contributed by atoms with E-state index in [-0.39, 0.29) is 17.7 Å². The highest BCUT2D eigenvalue weighted by atomic mass is 79.9. The van der Waals surface area contributed by atoms with Crippen LogP contribution in [0.4, 0.5) is 0 Å². The Morgan fingerprint density at radius 1 is 1.18 bits per heavy atom. The van der Waals surface area contributed by atoms with Crippen molar-refractivity contribution in [1.29, 1.82) is 0 Å². The van der Waals surface area contributed by atoms with Crippen LogP contribution in [0.25, 0.3) is 0 Å². The second kappa shape index (κ2) is 10.5. The first-order valence-corrected chi connectivity index (χ1v) is 14.0. The third kappa shape index (κ3) is 5.58. The van der Waals surface area contributed by atoms with Crippen LogP contribution in [0.3, 0.4) is 0 Å². The Morgan fingerprint density at radius 3 is 2.76 bits per heavy atom. The molecule has 2 aliphatic rings. The van der Waals surface area contributed by atoms with Crippen molar-refractivity contribution in [1.82, 2.24) is 15.2 Å². The van der Waals surface area contributed by atoms with Crippen molar-refractivity contribution in [3.8, 4) is 0 Å². The lowest BCUT2D eigenvalue weighted by atomic mass is 10.0. The zero-order valence-corrected chi connectivity index (χ0v) is 21.4. The highest BCUT2D eigenvalue weighted by Gasteiger charge is 2.33. The third-order valence-corrected chi connectivity index (χ3v) is 8.49. The van der Waals surface area contributed by atoms with Crippen LogP contribution in [0.1, 0.15) is 60.9 Å². The maximum absolute atomic E-state index is 13.2. The summed E-state index contributed by atoms with van der Waals surface area (Å²) in [5, 5.41) is 17.1. The van der Waals surface area contributed by atoms with E-state index in [0.717, 1.165) is 39.4 Å². The van der Waals surface area contributed by atoms with Gasteiger partial charge in [-0.15, -0.1) is 21.5 Å². The lowest BCUT2D eigenvalue weighted by Gasteiger charge is -2.21. The van der Waals surface area contributed by atoms with Gasteiger partial charge >= 0.3 is 0 Å². The van der Waals surface area contributed by atoms with Crippen LogP contribution in [-0.2, 0) is 11.2 Å². The fourth-order valence-corrected chi connectivity index (χ4v) is 6.11. The summed E-state index contributed by atoms with van der Waals surface area (Å²) in [6, 6.07) is 12.0. The van der Waals surface area contributed by atoms with Crippen LogP contribution in [0.15, 0.2) is 61.0 Å². The molecule has 9 heteroatoms. The van der Waals surface area contributed by atoms with E-state index >= 15 is 0 Å². The van der Waals surface area contributed by atoms with E-state index in [4.69, 9.17) is 9.52 Å². The van der Waals surface area contributed by atoms with E-state index in [0.29, 0.717) is 17.5 Å². The maximum Gasteiger partial charge on any atom is 0.277 e. The summed E-state index contributed by atoms with van der Waals surface area (Å²) in [5.74, 6) is 1.60. The van der Waals surface area contributed by atoms with Gasteiger partial charge in [-0.2, -0.15) is 5.10 Å². The average molecular weight is 546 g/mol. The third-order valence-electron chi connectivity index (χ3n) is 6.23. The molecule has 0 spiro atoms. The molecule has 6 nitrogen and oxygen atoms in total. The molecule has 1 aromatic carbocycles. The van der Waals surface area contributed by atoms with Gasteiger partial charge in [0.1, 0.15) is 0 Å². The molecule has 33 heavy (non-hydrogen) atoms. The second-order valence-electron chi connectivity index (χ2n) is 8.47. The molecule has 172 valence electrons. The van der Waals surface area contributed by atoms with Crippen LogP contribution in [0, 0.1) is 5.92 Å². The number of hydrazone groups is 1. The fourth-order valence-electron chi connectivity index (χ4n) is 4.49. The molecule has 1 aliphatic carbocycles. The van der Waals surface area contributed by atoms with Crippen molar-refractivity contribution in [3.05, 3.63) is 62.6 Å². The van der Waals surface area contributed by atoms with E-state index in [1.54, 1.807) is 16.3 Å². The van der Waals surface area contributed by atoms with Crippen LogP contribution in [0.5, 0.6) is 0 Å². The van der Waals surface area contributed by atoms with Crippen molar-refractivity contribution in [3.63, 3.8) is 0 Å². The second-order valence-corrected chi connectivity index (χ2v) is 11.3. The summed E-state index contributed by atoms with van der Waals surface area (Å²) in [7, 11) is 0. The summed E-state index contributed by atoms with van der Waals surface area (Å²) in [4.78, 5) is 14.3. The Morgan fingerprint density at radius 2 is 2.00 bits per heavy atom. The fraction of sp³-hybridized carbons (Fsp3) is 0.417. The predicted octanol–water partition coefficient (Wildman–Crippen LogP) is 6.49. The van der Waals surface area contributed by atoms with Crippen molar-refractivity contribution in [2.75, 3.05) is 5.75 Å². The summed E-state index contributed by atoms with van der Waals surface area (Å²) >= 11 is 6.42. The van der Waals surface area contributed by atoms with E-state index in [1.165, 1.54) is 37.4 Å². The molecule has 1 aliphatic heterocycles. The van der Waals surface area contributed by atoms with Gasteiger partial charge in [-0.05, 0) is 41.5 Å². The number of carbonyl (C=O) groups excluding carboxylic acids is 1. The van der Waals surface area contributed by atoms with Crippen molar-refractivity contribution >= 4 is 50.6 Å². The van der Waals surface area contributed by atoms with Crippen molar-refractivity contribution in [2.45, 2.75) is 56.2 Å². The number of hydrogen-bond acceptors (Lipinski definition) is 7. The molecule has 3 aromatic rings. The van der Waals surface area contributed by atoms with Gasteiger partial charge in [0.2, 0.25) is 5.89 Å². The number of thioether (sulfide) groups is 1. The SMILES string of the molecule is O=C(CSc1nnc(CCC2CCCC2)o1)N1N=C(c2cccs2)CC1c1ccc(Br)cc1. The van der Waals surface area contributed by atoms with Crippen molar-refractivity contribution < 1.29 is 9.21 Å². The lowest BCUT2D eigenvalue weighted by Crippen LogP contribution is -2.28. The van der Waals surface area contributed by atoms with Crippen molar-refractivity contribution in [2.24, 2.45) is 11.0 Å². The lowest BCUT2D eigenvalue weighted by molar-refractivity contribution is -0.130. The molecule has 5 rings (SSSR count). The number of aromatic nitrogens is 2. The molecule has 0 N–H and O–H groups in total. The summed E-state index contributed by atoms with van der Waals surface area (Å²) < 4.78 is 6.80. The zero-order chi connectivity index (χ0) is 22.6. The number of amides is 1. The van der Waals surface area contributed by atoms with Gasteiger partial charge < -0.3 is 4.42 Å². The molecule has 0 radical (unpaired) electrons. The number of thiophene rings is 1. The zero-order valence-electron chi connectivity index (χ0n) is 18.2. The minimum Gasteiger partial charge on any atom is -0.416 e. The molecule has 0 bridgehead atoms. The number of halogens is 1. The van der Waals surface area contributed by atoms with E-state index in [9.17, 15) is 4.79 Å². The van der Waals surface area contributed by atoms with Gasteiger partial charge in [-0.3, -0.25) is 4.79 Å². The quantitative estimate of drug-likeness (QED) is 0.303. The molecule has 1 saturated carbocycles. The molecule has 2 aromatic heterocycles. The molecule has 1 fully saturated rings. The largest absolute Gasteiger partial charge is 0.416 e. The Hall–Kier alpha value is -1.97. The number of aryl methyl sites for hydroxylation is 1. The summed E-state index contributed by atoms with van der Waals surface area (Å²) in [5.41, 5.74) is 2.02. The standard InChI is InChI=1S/C24H25BrN4O2S2/c25-18-10-8-17(9-11-18)20-14-19(21-6-3-13-32-21)28-29(20)23(30)15-33-24-27-26-22(31-24)12-7-16-4-1-2-5-16/h3,6,8-11,13,16,20H,1-2,4-5,7,12,14-15H2. The normalized spacial score (nSPS) is 18.8. The average Bonchev–Trinajstić information content (AvgIpc) is 3.62. The molecular formula is C24H25BrN4O2S2. The van der Waals surface area contributed by atoms with Crippen LogP contribution in [-0.4, -0.2) is 32.6 Å². The Balaban J connectivity index is 1.24. The molecule has 1 amide bonds. The number of carbonyl (C=O) groups is 1. The smallest absolute Gasteiger partial charge is 0.277 e. The highest BCUT2D eigenvalue weighted by Crippen LogP contribution is 2.35. The first kappa shape index (κ1) is 22.8. The first-order chi connectivity index (χ1) is 16.2. The Bertz CT molecular complexity index is 1110. The minimum absolute atomic E-state index is 0.0646.